The Morgan fingerprint density at radius 3 is 1.59 bits per heavy atom. The number of allylic oxidation sites excluding steroid dienone is 4. The van der Waals surface area contributed by atoms with Crippen molar-refractivity contribution >= 4 is 37.9 Å². The number of aromatic nitrogens is 3. The third kappa shape index (κ3) is 5.21. The molecule has 9 rings (SSSR count). The molecule has 0 saturated heterocycles. The second-order valence-corrected chi connectivity index (χ2v) is 12.8. The molecule has 49 heavy (non-hydrogen) atoms. The van der Waals surface area contributed by atoms with E-state index in [1.54, 1.807) is 0 Å². The Labute approximate surface area is 286 Å². The number of benzene rings is 7. The van der Waals surface area contributed by atoms with Crippen LogP contribution in [0.4, 0.5) is 0 Å². The highest BCUT2D eigenvalue weighted by atomic mass is 15.0. The van der Waals surface area contributed by atoms with Crippen LogP contribution in [0.25, 0.3) is 82.9 Å². The van der Waals surface area contributed by atoms with E-state index in [1.807, 2.05) is 18.2 Å². The molecule has 0 spiro atoms. The molecule has 0 fully saturated rings. The van der Waals surface area contributed by atoms with Crippen molar-refractivity contribution in [2.24, 2.45) is 5.92 Å². The molecule has 0 radical (unpaired) electrons. The Bertz CT molecular complexity index is 2560. The second kappa shape index (κ2) is 12.1. The molecule has 0 amide bonds. The largest absolute Gasteiger partial charge is 0.208 e. The Balaban J connectivity index is 1.23. The zero-order chi connectivity index (χ0) is 32.7. The molecule has 232 valence electrons. The minimum Gasteiger partial charge on any atom is -0.208 e. The van der Waals surface area contributed by atoms with Crippen LogP contribution < -0.4 is 0 Å². The highest BCUT2D eigenvalue weighted by molar-refractivity contribution is 6.25. The van der Waals surface area contributed by atoms with Gasteiger partial charge in [0.15, 0.2) is 17.5 Å². The zero-order valence-electron chi connectivity index (χ0n) is 27.2. The monoisotopic (exact) mass is 627 g/mol. The van der Waals surface area contributed by atoms with E-state index in [0.29, 0.717) is 23.4 Å². The fourth-order valence-electron chi connectivity index (χ4n) is 7.19. The van der Waals surface area contributed by atoms with E-state index in [1.165, 1.54) is 43.4 Å². The first-order valence-electron chi connectivity index (χ1n) is 16.9. The minimum absolute atomic E-state index is 0.502. The maximum absolute atomic E-state index is 5.13. The SMILES string of the molecule is C[C@H]1C=CC(c2nc(-c3ccccc3)nc(-c3ccccc3-c3ccccc3-c3ccc4c5ccccc5c5ccccc5c4c3)n2)=CC1. The molecule has 0 unspecified atom stereocenters. The molecular formula is C46H33N3. The van der Waals surface area contributed by atoms with Crippen molar-refractivity contribution in [2.75, 3.05) is 0 Å². The standard InChI is InChI=1S/C46H33N3/c1-30-23-25-32(26-24-30)45-47-44(31-13-3-2-4-14-31)48-46(49-45)42-22-12-11-20-39(42)35-16-6-5-15-34(35)33-27-28-41-38-19-8-7-17-36(38)37-18-9-10-21-40(37)43(41)29-33/h2-23,25-30H,24H2,1H3/t30-/m0/s1. The van der Waals surface area contributed by atoms with E-state index < -0.39 is 0 Å². The van der Waals surface area contributed by atoms with Gasteiger partial charge in [0, 0.05) is 16.7 Å². The summed E-state index contributed by atoms with van der Waals surface area (Å²) >= 11 is 0. The predicted octanol–water partition coefficient (Wildman–Crippen LogP) is 12.0. The van der Waals surface area contributed by atoms with E-state index in [0.717, 1.165) is 34.2 Å². The van der Waals surface area contributed by atoms with E-state index in [4.69, 9.17) is 15.0 Å². The van der Waals surface area contributed by atoms with Gasteiger partial charge in [0.1, 0.15) is 0 Å². The molecule has 7 aromatic carbocycles. The lowest BCUT2D eigenvalue weighted by Gasteiger charge is -2.17. The molecule has 1 aromatic heterocycles. The number of hydrogen-bond acceptors (Lipinski definition) is 3. The summed E-state index contributed by atoms with van der Waals surface area (Å²) in [4.78, 5) is 15.2. The molecule has 0 aliphatic heterocycles. The lowest BCUT2D eigenvalue weighted by atomic mass is 9.88. The summed E-state index contributed by atoms with van der Waals surface area (Å²) in [6, 6.07) is 51.8. The molecule has 1 heterocycles. The van der Waals surface area contributed by atoms with Gasteiger partial charge >= 0.3 is 0 Å². The lowest BCUT2D eigenvalue weighted by molar-refractivity contribution is 0.738. The van der Waals surface area contributed by atoms with E-state index in [2.05, 4.69) is 153 Å². The average molecular weight is 628 g/mol. The Morgan fingerprint density at radius 1 is 0.429 bits per heavy atom. The molecular weight excluding hydrogens is 595 g/mol. The van der Waals surface area contributed by atoms with Crippen molar-refractivity contribution in [1.29, 1.82) is 0 Å². The second-order valence-electron chi connectivity index (χ2n) is 12.8. The van der Waals surface area contributed by atoms with Gasteiger partial charge in [-0.25, -0.2) is 15.0 Å². The van der Waals surface area contributed by atoms with E-state index in [-0.39, 0.29) is 0 Å². The molecule has 3 nitrogen and oxygen atoms in total. The predicted molar refractivity (Wildman–Crippen MR) is 205 cm³/mol. The maximum Gasteiger partial charge on any atom is 0.164 e. The summed E-state index contributed by atoms with van der Waals surface area (Å²) in [5, 5.41) is 7.63. The van der Waals surface area contributed by atoms with Gasteiger partial charge in [0.2, 0.25) is 0 Å². The van der Waals surface area contributed by atoms with Crippen LogP contribution >= 0.6 is 0 Å². The van der Waals surface area contributed by atoms with Crippen LogP contribution in [0.1, 0.15) is 19.2 Å². The van der Waals surface area contributed by atoms with Crippen LogP contribution in [0, 0.1) is 5.92 Å². The first-order chi connectivity index (χ1) is 24.2. The van der Waals surface area contributed by atoms with Crippen LogP contribution in [-0.2, 0) is 0 Å². The van der Waals surface area contributed by atoms with Crippen molar-refractivity contribution < 1.29 is 0 Å². The van der Waals surface area contributed by atoms with Crippen LogP contribution in [0.15, 0.2) is 164 Å². The molecule has 0 bridgehead atoms. The van der Waals surface area contributed by atoms with Crippen LogP contribution in [0.3, 0.4) is 0 Å². The van der Waals surface area contributed by atoms with Gasteiger partial charge in [-0.15, -0.1) is 0 Å². The van der Waals surface area contributed by atoms with Crippen molar-refractivity contribution in [3.63, 3.8) is 0 Å². The van der Waals surface area contributed by atoms with Gasteiger partial charge in [-0.1, -0.05) is 165 Å². The van der Waals surface area contributed by atoms with Crippen LogP contribution in [0.2, 0.25) is 0 Å². The third-order valence-electron chi connectivity index (χ3n) is 9.68. The molecule has 1 atom stereocenters. The minimum atomic E-state index is 0.502. The molecule has 1 aliphatic rings. The van der Waals surface area contributed by atoms with Crippen molar-refractivity contribution in [2.45, 2.75) is 13.3 Å². The van der Waals surface area contributed by atoms with Gasteiger partial charge in [-0.2, -0.15) is 0 Å². The molecule has 1 aliphatic carbocycles. The van der Waals surface area contributed by atoms with Gasteiger partial charge in [0.05, 0.1) is 0 Å². The van der Waals surface area contributed by atoms with Crippen molar-refractivity contribution in [1.82, 2.24) is 15.0 Å². The summed E-state index contributed by atoms with van der Waals surface area (Å²) in [6.45, 7) is 2.23. The molecule has 0 saturated carbocycles. The molecule has 8 aromatic rings. The van der Waals surface area contributed by atoms with Gasteiger partial charge in [-0.3, -0.25) is 0 Å². The molecule has 3 heteroatoms. The first-order valence-corrected chi connectivity index (χ1v) is 16.9. The Kier molecular flexibility index (Phi) is 7.17. The topological polar surface area (TPSA) is 38.7 Å². The third-order valence-corrected chi connectivity index (χ3v) is 9.68. The fourth-order valence-corrected chi connectivity index (χ4v) is 7.19. The summed E-state index contributed by atoms with van der Waals surface area (Å²) in [5.41, 5.74) is 7.53. The fraction of sp³-hybridized carbons (Fsp3) is 0.0652. The maximum atomic E-state index is 5.13. The van der Waals surface area contributed by atoms with Gasteiger partial charge in [-0.05, 0) is 73.0 Å². The normalized spacial score (nSPS) is 14.4. The summed E-state index contributed by atoms with van der Waals surface area (Å²) in [5.74, 6) is 2.54. The van der Waals surface area contributed by atoms with Crippen LogP contribution in [0.5, 0.6) is 0 Å². The van der Waals surface area contributed by atoms with Crippen LogP contribution in [-0.4, -0.2) is 15.0 Å². The highest BCUT2D eigenvalue weighted by Gasteiger charge is 2.19. The number of fused-ring (bicyclic) bond motifs is 6. The quantitative estimate of drug-likeness (QED) is 0.178. The number of rotatable bonds is 5. The van der Waals surface area contributed by atoms with Gasteiger partial charge in [0.25, 0.3) is 0 Å². The Hall–Kier alpha value is -6.19. The number of hydrogen-bond donors (Lipinski definition) is 0. The zero-order valence-corrected chi connectivity index (χ0v) is 27.2. The molecule has 0 N–H and O–H groups in total. The highest BCUT2D eigenvalue weighted by Crippen LogP contribution is 2.41. The lowest BCUT2D eigenvalue weighted by Crippen LogP contribution is -2.05. The smallest absolute Gasteiger partial charge is 0.164 e. The first kappa shape index (κ1) is 29.0. The average Bonchev–Trinajstić information content (AvgIpc) is 3.18. The Morgan fingerprint density at radius 2 is 0.939 bits per heavy atom. The van der Waals surface area contributed by atoms with E-state index in [9.17, 15) is 0 Å². The van der Waals surface area contributed by atoms with Gasteiger partial charge < -0.3 is 0 Å². The van der Waals surface area contributed by atoms with Crippen molar-refractivity contribution in [3.8, 4) is 45.0 Å². The summed E-state index contributed by atoms with van der Waals surface area (Å²) in [7, 11) is 0. The number of nitrogens with zero attached hydrogens (tertiary/aromatic N) is 3. The van der Waals surface area contributed by atoms with E-state index >= 15 is 0 Å². The summed E-state index contributed by atoms with van der Waals surface area (Å²) < 4.78 is 0. The van der Waals surface area contributed by atoms with Crippen molar-refractivity contribution in [3.05, 3.63) is 170 Å². The summed E-state index contributed by atoms with van der Waals surface area (Å²) in [6.07, 6.45) is 7.59.